The molecular weight excluding hydrogens is 300 g/mol. The average Bonchev–Trinajstić information content (AvgIpc) is 2.46. The standard InChI is InChI=1S/C17H13BrO/c18-17-10-8-15(9-11-17)16(12-13-19)7-6-14-4-2-1-3-5-14/h1-5,8-12,19H,13H2/b16-12+. The van der Waals surface area contributed by atoms with E-state index in [1.54, 1.807) is 6.08 Å². The molecule has 2 heteroatoms. The van der Waals surface area contributed by atoms with E-state index in [0.29, 0.717) is 0 Å². The highest BCUT2D eigenvalue weighted by Crippen LogP contribution is 2.17. The van der Waals surface area contributed by atoms with Gasteiger partial charge in [-0.15, -0.1) is 0 Å². The Morgan fingerprint density at radius 3 is 2.37 bits per heavy atom. The molecule has 0 aromatic heterocycles. The van der Waals surface area contributed by atoms with Gasteiger partial charge in [-0.05, 0) is 35.9 Å². The van der Waals surface area contributed by atoms with Gasteiger partial charge < -0.3 is 5.11 Å². The van der Waals surface area contributed by atoms with E-state index in [1.807, 2.05) is 54.6 Å². The number of hydrogen-bond acceptors (Lipinski definition) is 1. The maximum atomic E-state index is 9.10. The maximum absolute atomic E-state index is 9.10. The van der Waals surface area contributed by atoms with Gasteiger partial charge in [0.05, 0.1) is 6.61 Å². The highest BCUT2D eigenvalue weighted by Gasteiger charge is 1.97. The van der Waals surface area contributed by atoms with Gasteiger partial charge in [0.1, 0.15) is 0 Å². The van der Waals surface area contributed by atoms with Crippen LogP contribution in [0.4, 0.5) is 0 Å². The Hall–Kier alpha value is -1.82. The van der Waals surface area contributed by atoms with E-state index in [4.69, 9.17) is 5.11 Å². The highest BCUT2D eigenvalue weighted by molar-refractivity contribution is 9.10. The highest BCUT2D eigenvalue weighted by atomic mass is 79.9. The second kappa shape index (κ2) is 6.94. The molecule has 0 aliphatic carbocycles. The minimum absolute atomic E-state index is 0.0190. The largest absolute Gasteiger partial charge is 0.392 e. The normalized spacial score (nSPS) is 10.7. The quantitative estimate of drug-likeness (QED) is 0.834. The number of hydrogen-bond donors (Lipinski definition) is 1. The van der Waals surface area contributed by atoms with Crippen LogP contribution in [0.3, 0.4) is 0 Å². The molecule has 94 valence electrons. The monoisotopic (exact) mass is 312 g/mol. The first-order valence-electron chi connectivity index (χ1n) is 5.93. The number of benzene rings is 2. The average molecular weight is 313 g/mol. The van der Waals surface area contributed by atoms with Gasteiger partial charge in [-0.2, -0.15) is 0 Å². The first-order valence-corrected chi connectivity index (χ1v) is 6.73. The number of aliphatic hydroxyl groups excluding tert-OH is 1. The Kier molecular flexibility index (Phi) is 4.97. The van der Waals surface area contributed by atoms with Crippen LogP contribution >= 0.6 is 15.9 Å². The van der Waals surface area contributed by atoms with E-state index >= 15 is 0 Å². The van der Waals surface area contributed by atoms with Crippen molar-refractivity contribution in [2.75, 3.05) is 6.61 Å². The molecule has 0 heterocycles. The van der Waals surface area contributed by atoms with E-state index in [-0.39, 0.29) is 6.61 Å². The van der Waals surface area contributed by atoms with Crippen molar-refractivity contribution in [3.63, 3.8) is 0 Å². The van der Waals surface area contributed by atoms with Gasteiger partial charge >= 0.3 is 0 Å². The lowest BCUT2D eigenvalue weighted by Gasteiger charge is -2.00. The molecule has 19 heavy (non-hydrogen) atoms. The number of halogens is 1. The van der Waals surface area contributed by atoms with Gasteiger partial charge in [0.2, 0.25) is 0 Å². The lowest BCUT2D eigenvalue weighted by molar-refractivity contribution is 0.343. The summed E-state index contributed by atoms with van der Waals surface area (Å²) >= 11 is 3.40. The predicted octanol–water partition coefficient (Wildman–Crippen LogP) is 3.88. The fourth-order valence-corrected chi connectivity index (χ4v) is 1.89. The second-order valence-electron chi connectivity index (χ2n) is 3.92. The topological polar surface area (TPSA) is 20.2 Å². The SMILES string of the molecule is OC/C=C(\C#Cc1ccccc1)c1ccc(Br)cc1. The van der Waals surface area contributed by atoms with Crippen molar-refractivity contribution < 1.29 is 5.11 Å². The third kappa shape index (κ3) is 4.10. The fourth-order valence-electron chi connectivity index (χ4n) is 1.62. The van der Waals surface area contributed by atoms with E-state index in [2.05, 4.69) is 27.8 Å². The van der Waals surface area contributed by atoms with Gasteiger partial charge in [0.25, 0.3) is 0 Å². The summed E-state index contributed by atoms with van der Waals surface area (Å²) in [7, 11) is 0. The van der Waals surface area contributed by atoms with Gasteiger partial charge in [-0.1, -0.05) is 58.1 Å². The number of allylic oxidation sites excluding steroid dienone is 1. The van der Waals surface area contributed by atoms with Crippen molar-refractivity contribution in [3.05, 3.63) is 76.3 Å². The van der Waals surface area contributed by atoms with Crippen LogP contribution in [0.2, 0.25) is 0 Å². The molecule has 0 fully saturated rings. The van der Waals surface area contributed by atoms with Gasteiger partial charge in [0, 0.05) is 15.6 Å². The lowest BCUT2D eigenvalue weighted by Crippen LogP contribution is -1.84. The summed E-state index contributed by atoms with van der Waals surface area (Å²) in [5.74, 6) is 6.21. The van der Waals surface area contributed by atoms with Crippen molar-refractivity contribution in [1.82, 2.24) is 0 Å². The molecule has 0 amide bonds. The van der Waals surface area contributed by atoms with Crippen molar-refractivity contribution >= 4 is 21.5 Å². The Bertz CT molecular complexity index is 616. The molecule has 0 radical (unpaired) electrons. The molecule has 0 unspecified atom stereocenters. The smallest absolute Gasteiger partial charge is 0.0627 e. The molecule has 0 atom stereocenters. The molecule has 0 aliphatic heterocycles. The van der Waals surface area contributed by atoms with Gasteiger partial charge in [-0.3, -0.25) is 0 Å². The Labute approximate surface area is 121 Å². The first-order chi connectivity index (χ1) is 9.29. The molecule has 0 aliphatic rings. The molecule has 2 aromatic rings. The molecular formula is C17H13BrO. The summed E-state index contributed by atoms with van der Waals surface area (Å²) < 4.78 is 1.02. The van der Waals surface area contributed by atoms with E-state index in [0.717, 1.165) is 21.2 Å². The fraction of sp³-hybridized carbons (Fsp3) is 0.0588. The third-order valence-electron chi connectivity index (χ3n) is 2.57. The maximum Gasteiger partial charge on any atom is 0.0627 e. The lowest BCUT2D eigenvalue weighted by atomic mass is 10.1. The number of rotatable bonds is 2. The molecule has 1 N–H and O–H groups in total. The van der Waals surface area contributed by atoms with Crippen molar-refractivity contribution in [3.8, 4) is 11.8 Å². The second-order valence-corrected chi connectivity index (χ2v) is 4.84. The van der Waals surface area contributed by atoms with Crippen LogP contribution < -0.4 is 0 Å². The van der Waals surface area contributed by atoms with Crippen molar-refractivity contribution in [1.29, 1.82) is 0 Å². The molecule has 0 saturated carbocycles. The van der Waals surface area contributed by atoms with E-state index < -0.39 is 0 Å². The van der Waals surface area contributed by atoms with Crippen LogP contribution in [0.25, 0.3) is 5.57 Å². The summed E-state index contributed by atoms with van der Waals surface area (Å²) in [6.07, 6.45) is 1.72. The Morgan fingerprint density at radius 1 is 1.05 bits per heavy atom. The van der Waals surface area contributed by atoms with Crippen LogP contribution in [0, 0.1) is 11.8 Å². The minimum Gasteiger partial charge on any atom is -0.392 e. The van der Waals surface area contributed by atoms with Crippen LogP contribution in [0.1, 0.15) is 11.1 Å². The van der Waals surface area contributed by atoms with Crippen LogP contribution in [-0.4, -0.2) is 11.7 Å². The summed E-state index contributed by atoms with van der Waals surface area (Å²) in [4.78, 5) is 0. The zero-order valence-electron chi connectivity index (χ0n) is 10.3. The van der Waals surface area contributed by atoms with Crippen LogP contribution in [-0.2, 0) is 0 Å². The van der Waals surface area contributed by atoms with Crippen molar-refractivity contribution in [2.24, 2.45) is 0 Å². The minimum atomic E-state index is -0.0190. The molecule has 0 spiro atoms. The van der Waals surface area contributed by atoms with Gasteiger partial charge in [-0.25, -0.2) is 0 Å². The van der Waals surface area contributed by atoms with E-state index in [9.17, 15) is 0 Å². The molecule has 1 nitrogen and oxygen atoms in total. The number of aliphatic hydroxyl groups is 1. The zero-order valence-corrected chi connectivity index (χ0v) is 11.9. The molecule has 0 bridgehead atoms. The van der Waals surface area contributed by atoms with Crippen LogP contribution in [0.5, 0.6) is 0 Å². The molecule has 2 rings (SSSR count). The summed E-state index contributed by atoms with van der Waals surface area (Å²) in [5, 5.41) is 9.10. The Balaban J connectivity index is 2.30. The van der Waals surface area contributed by atoms with Crippen LogP contribution in [0.15, 0.2) is 65.1 Å². The van der Waals surface area contributed by atoms with Gasteiger partial charge in [0.15, 0.2) is 0 Å². The molecule has 2 aromatic carbocycles. The van der Waals surface area contributed by atoms with Crippen molar-refractivity contribution in [2.45, 2.75) is 0 Å². The zero-order chi connectivity index (χ0) is 13.5. The Morgan fingerprint density at radius 2 is 1.74 bits per heavy atom. The predicted molar refractivity (Wildman–Crippen MR) is 82.5 cm³/mol. The summed E-state index contributed by atoms with van der Waals surface area (Å²) in [6, 6.07) is 17.7. The summed E-state index contributed by atoms with van der Waals surface area (Å²) in [5.41, 5.74) is 2.79. The summed E-state index contributed by atoms with van der Waals surface area (Å²) in [6.45, 7) is -0.0190. The van der Waals surface area contributed by atoms with E-state index in [1.165, 1.54) is 0 Å². The molecule has 0 saturated heterocycles. The third-order valence-corrected chi connectivity index (χ3v) is 3.09. The first kappa shape index (κ1) is 13.6.